The number of carbonyl (C=O) groups is 1. The Morgan fingerprint density at radius 3 is 2.94 bits per heavy atom. The number of alkyl halides is 2. The number of hydrogen-bond acceptors (Lipinski definition) is 2. The molecule has 1 aliphatic carbocycles. The molecule has 0 aromatic rings. The molecule has 0 radical (unpaired) electrons. The van der Waals surface area contributed by atoms with Gasteiger partial charge in [0.2, 0.25) is 5.91 Å². The quantitative estimate of drug-likeness (QED) is 0.760. The number of carbonyl (C=O) groups excluding carboxylic acids is 1. The Morgan fingerprint density at radius 2 is 2.31 bits per heavy atom. The SMILES string of the molecule is CCCNC(=O)COC1CCC(Cl)C(F)C1. The van der Waals surface area contributed by atoms with Crippen molar-refractivity contribution in [2.24, 2.45) is 0 Å². The Bertz CT molecular complexity index is 228. The van der Waals surface area contributed by atoms with Crippen LogP contribution in [0.3, 0.4) is 0 Å². The molecule has 94 valence electrons. The standard InChI is InChI=1S/C11H19ClFNO2/c1-2-5-14-11(15)7-16-8-3-4-9(12)10(13)6-8/h8-10H,2-7H2,1H3,(H,14,15). The molecule has 0 aromatic heterocycles. The zero-order valence-electron chi connectivity index (χ0n) is 9.55. The van der Waals surface area contributed by atoms with Crippen LogP contribution in [-0.4, -0.2) is 36.7 Å². The van der Waals surface area contributed by atoms with Gasteiger partial charge in [0.25, 0.3) is 0 Å². The van der Waals surface area contributed by atoms with Crippen molar-refractivity contribution in [2.75, 3.05) is 13.2 Å². The van der Waals surface area contributed by atoms with Crippen molar-refractivity contribution in [1.82, 2.24) is 5.32 Å². The summed E-state index contributed by atoms with van der Waals surface area (Å²) in [6, 6.07) is 0. The lowest BCUT2D eigenvalue weighted by molar-refractivity contribution is -0.128. The number of rotatable bonds is 5. The molecule has 5 heteroatoms. The van der Waals surface area contributed by atoms with Gasteiger partial charge in [-0.2, -0.15) is 0 Å². The van der Waals surface area contributed by atoms with Crippen LogP contribution in [0.25, 0.3) is 0 Å². The first-order valence-electron chi connectivity index (χ1n) is 5.80. The highest BCUT2D eigenvalue weighted by molar-refractivity contribution is 6.21. The van der Waals surface area contributed by atoms with Crippen LogP contribution >= 0.6 is 11.6 Å². The second kappa shape index (κ2) is 7.07. The number of nitrogens with one attached hydrogen (secondary N) is 1. The van der Waals surface area contributed by atoms with Crippen LogP contribution in [0, 0.1) is 0 Å². The normalized spacial score (nSPS) is 30.1. The van der Waals surface area contributed by atoms with Gasteiger partial charge in [-0.05, 0) is 19.3 Å². The zero-order valence-corrected chi connectivity index (χ0v) is 10.3. The second-order valence-corrected chi connectivity index (χ2v) is 4.69. The van der Waals surface area contributed by atoms with Crippen LogP contribution < -0.4 is 5.32 Å². The van der Waals surface area contributed by atoms with E-state index in [9.17, 15) is 9.18 Å². The first-order valence-corrected chi connectivity index (χ1v) is 6.23. The fourth-order valence-corrected chi connectivity index (χ4v) is 1.93. The van der Waals surface area contributed by atoms with E-state index in [0.717, 1.165) is 12.8 Å². The van der Waals surface area contributed by atoms with Crippen LogP contribution in [0.2, 0.25) is 0 Å². The van der Waals surface area contributed by atoms with Gasteiger partial charge >= 0.3 is 0 Å². The van der Waals surface area contributed by atoms with Gasteiger partial charge in [-0.3, -0.25) is 4.79 Å². The Hall–Kier alpha value is -0.350. The molecule has 16 heavy (non-hydrogen) atoms. The number of hydrogen-bond donors (Lipinski definition) is 1. The molecule has 1 saturated carbocycles. The molecule has 1 N–H and O–H groups in total. The average Bonchev–Trinajstić information content (AvgIpc) is 2.28. The van der Waals surface area contributed by atoms with Crippen molar-refractivity contribution in [1.29, 1.82) is 0 Å². The number of ether oxygens (including phenoxy) is 1. The predicted octanol–water partition coefficient (Wildman–Crippen LogP) is 2.03. The minimum absolute atomic E-state index is 0.0182. The molecule has 0 bridgehead atoms. The first-order chi connectivity index (χ1) is 7.63. The summed E-state index contributed by atoms with van der Waals surface area (Å²) in [5, 5.41) is 2.31. The number of amides is 1. The molecule has 0 saturated heterocycles. The fraction of sp³-hybridized carbons (Fsp3) is 0.909. The maximum atomic E-state index is 13.2. The van der Waals surface area contributed by atoms with Crippen molar-refractivity contribution < 1.29 is 13.9 Å². The van der Waals surface area contributed by atoms with Crippen LogP contribution in [0.1, 0.15) is 32.6 Å². The summed E-state index contributed by atoms with van der Waals surface area (Å²) in [4.78, 5) is 11.2. The van der Waals surface area contributed by atoms with Crippen molar-refractivity contribution in [3.8, 4) is 0 Å². The predicted molar refractivity (Wildman–Crippen MR) is 61.4 cm³/mol. The third kappa shape index (κ3) is 4.66. The third-order valence-corrected chi connectivity index (χ3v) is 3.16. The molecule has 0 aliphatic heterocycles. The summed E-state index contributed by atoms with van der Waals surface area (Å²) >= 11 is 5.75. The minimum Gasteiger partial charge on any atom is -0.368 e. The summed E-state index contributed by atoms with van der Waals surface area (Å²) in [5.41, 5.74) is 0. The van der Waals surface area contributed by atoms with Gasteiger partial charge in [-0.15, -0.1) is 11.6 Å². The van der Waals surface area contributed by atoms with Crippen molar-refractivity contribution in [3.63, 3.8) is 0 Å². The zero-order chi connectivity index (χ0) is 12.0. The van der Waals surface area contributed by atoms with Gasteiger partial charge in [0.1, 0.15) is 12.8 Å². The largest absolute Gasteiger partial charge is 0.368 e. The molecule has 0 aromatic carbocycles. The molecule has 1 amide bonds. The molecule has 3 unspecified atom stereocenters. The van der Waals surface area contributed by atoms with E-state index in [1.807, 2.05) is 6.92 Å². The van der Waals surface area contributed by atoms with E-state index in [1.54, 1.807) is 0 Å². The van der Waals surface area contributed by atoms with E-state index in [2.05, 4.69) is 5.32 Å². The van der Waals surface area contributed by atoms with E-state index in [1.165, 1.54) is 0 Å². The molecule has 3 nitrogen and oxygen atoms in total. The molecule has 1 fully saturated rings. The molecule has 3 atom stereocenters. The Kier molecular flexibility index (Phi) is 6.06. The lowest BCUT2D eigenvalue weighted by Crippen LogP contribution is -2.35. The Labute approximate surface area is 101 Å². The summed E-state index contributed by atoms with van der Waals surface area (Å²) in [7, 11) is 0. The lowest BCUT2D eigenvalue weighted by atomic mass is 9.95. The van der Waals surface area contributed by atoms with Crippen LogP contribution in [-0.2, 0) is 9.53 Å². The van der Waals surface area contributed by atoms with E-state index in [4.69, 9.17) is 16.3 Å². The van der Waals surface area contributed by atoms with Gasteiger partial charge in [0.15, 0.2) is 0 Å². The van der Waals surface area contributed by atoms with Gasteiger partial charge in [0.05, 0.1) is 11.5 Å². The molecule has 1 rings (SSSR count). The summed E-state index contributed by atoms with van der Waals surface area (Å²) in [6.07, 6.45) is 1.36. The lowest BCUT2D eigenvalue weighted by Gasteiger charge is -2.28. The smallest absolute Gasteiger partial charge is 0.246 e. The van der Waals surface area contributed by atoms with Crippen LogP contribution in [0.15, 0.2) is 0 Å². The van der Waals surface area contributed by atoms with Crippen LogP contribution in [0.5, 0.6) is 0 Å². The van der Waals surface area contributed by atoms with E-state index in [0.29, 0.717) is 19.4 Å². The van der Waals surface area contributed by atoms with Crippen molar-refractivity contribution >= 4 is 17.5 Å². The topological polar surface area (TPSA) is 38.3 Å². The summed E-state index contributed by atoms with van der Waals surface area (Å²) in [5.74, 6) is -0.134. The maximum absolute atomic E-state index is 13.2. The monoisotopic (exact) mass is 251 g/mol. The highest BCUT2D eigenvalue weighted by atomic mass is 35.5. The van der Waals surface area contributed by atoms with Gasteiger partial charge in [-0.1, -0.05) is 6.92 Å². The Balaban J connectivity index is 2.15. The first kappa shape index (κ1) is 13.7. The Morgan fingerprint density at radius 1 is 1.56 bits per heavy atom. The summed E-state index contributed by atoms with van der Waals surface area (Å²) < 4.78 is 18.6. The molecule has 0 heterocycles. The van der Waals surface area contributed by atoms with Crippen molar-refractivity contribution in [2.45, 2.75) is 50.3 Å². The van der Waals surface area contributed by atoms with E-state index >= 15 is 0 Å². The maximum Gasteiger partial charge on any atom is 0.246 e. The molecular weight excluding hydrogens is 233 g/mol. The highest BCUT2D eigenvalue weighted by Gasteiger charge is 2.29. The number of halogens is 2. The molecular formula is C11H19ClFNO2. The van der Waals surface area contributed by atoms with Gasteiger partial charge < -0.3 is 10.1 Å². The molecule has 0 spiro atoms. The highest BCUT2D eigenvalue weighted by Crippen LogP contribution is 2.27. The van der Waals surface area contributed by atoms with Crippen molar-refractivity contribution in [3.05, 3.63) is 0 Å². The van der Waals surface area contributed by atoms with Gasteiger partial charge in [-0.25, -0.2) is 4.39 Å². The molecule has 1 aliphatic rings. The average molecular weight is 252 g/mol. The van der Waals surface area contributed by atoms with E-state index < -0.39 is 11.5 Å². The van der Waals surface area contributed by atoms with Crippen LogP contribution in [0.4, 0.5) is 4.39 Å². The summed E-state index contributed by atoms with van der Waals surface area (Å²) in [6.45, 7) is 2.66. The minimum atomic E-state index is -1.01. The third-order valence-electron chi connectivity index (χ3n) is 2.67. The second-order valence-electron chi connectivity index (χ2n) is 4.13. The van der Waals surface area contributed by atoms with E-state index in [-0.39, 0.29) is 18.6 Å². The van der Waals surface area contributed by atoms with Gasteiger partial charge in [0, 0.05) is 13.0 Å². The fourth-order valence-electron chi connectivity index (χ4n) is 1.70.